The molecule has 4 saturated carbocycles. The van der Waals surface area contributed by atoms with Crippen LogP contribution in [0.4, 0.5) is 0 Å². The molecule has 0 bridgehead atoms. The van der Waals surface area contributed by atoms with E-state index in [9.17, 15) is 9.90 Å². The molecule has 4 rings (SSSR count). The Labute approximate surface area is 174 Å². The van der Waals surface area contributed by atoms with Crippen LogP contribution in [0.3, 0.4) is 0 Å². The van der Waals surface area contributed by atoms with E-state index in [0.29, 0.717) is 28.4 Å². The number of fused-ring (bicyclic) bond motifs is 5. The Kier molecular flexibility index (Phi) is 5.15. The maximum atomic E-state index is 12.9. The monoisotopic (exact) mass is 438 g/mol. The average molecular weight is 439 g/mol. The second-order valence-electron chi connectivity index (χ2n) is 11.4. The van der Waals surface area contributed by atoms with Gasteiger partial charge < -0.3 is 5.11 Å². The third kappa shape index (κ3) is 3.00. The number of hydrogen-bond acceptors (Lipinski definition) is 2. The lowest BCUT2D eigenvalue weighted by Gasteiger charge is -2.61. The van der Waals surface area contributed by atoms with Crippen LogP contribution < -0.4 is 0 Å². The Morgan fingerprint density at radius 2 is 1.78 bits per heavy atom. The smallest absolute Gasteiger partial charge is 0.147 e. The summed E-state index contributed by atoms with van der Waals surface area (Å²) in [5, 5.41) is 11.2. The van der Waals surface area contributed by atoms with Gasteiger partial charge in [0.15, 0.2) is 0 Å². The fourth-order valence-corrected chi connectivity index (χ4v) is 9.07. The van der Waals surface area contributed by atoms with Crippen LogP contribution in [0.1, 0.15) is 85.5 Å². The Morgan fingerprint density at radius 1 is 1.04 bits per heavy atom. The van der Waals surface area contributed by atoms with E-state index in [1.165, 1.54) is 38.5 Å². The molecule has 0 amide bonds. The van der Waals surface area contributed by atoms with Gasteiger partial charge >= 0.3 is 0 Å². The van der Waals surface area contributed by atoms with Gasteiger partial charge in [0.2, 0.25) is 0 Å². The quantitative estimate of drug-likeness (QED) is 0.548. The van der Waals surface area contributed by atoms with Gasteiger partial charge in [-0.3, -0.25) is 4.79 Å². The fraction of sp³-hybridized carbons (Fsp3) is 0.958. The van der Waals surface area contributed by atoms with Crippen LogP contribution in [0.25, 0.3) is 0 Å². The van der Waals surface area contributed by atoms with Crippen molar-refractivity contribution in [2.75, 3.05) is 5.33 Å². The van der Waals surface area contributed by atoms with Crippen LogP contribution in [-0.2, 0) is 4.79 Å². The summed E-state index contributed by atoms with van der Waals surface area (Å²) in [6.07, 6.45) is 10.7. The van der Waals surface area contributed by atoms with Crippen molar-refractivity contribution >= 4 is 21.7 Å². The molecule has 27 heavy (non-hydrogen) atoms. The Bertz CT molecular complexity index is 601. The molecule has 0 aromatic carbocycles. The number of carbonyl (C=O) groups is 1. The maximum Gasteiger partial charge on any atom is 0.147 e. The molecule has 2 nitrogen and oxygen atoms in total. The van der Waals surface area contributed by atoms with E-state index in [2.05, 4.69) is 43.6 Å². The van der Waals surface area contributed by atoms with Gasteiger partial charge in [0.05, 0.1) is 10.9 Å². The zero-order valence-electron chi connectivity index (χ0n) is 17.8. The molecular formula is C24H39BrO2. The summed E-state index contributed by atoms with van der Waals surface area (Å²) in [6, 6.07) is 0. The zero-order valence-corrected chi connectivity index (χ0v) is 19.4. The molecule has 0 radical (unpaired) electrons. The van der Waals surface area contributed by atoms with E-state index in [-0.39, 0.29) is 11.3 Å². The van der Waals surface area contributed by atoms with Crippen LogP contribution >= 0.6 is 15.9 Å². The highest BCUT2D eigenvalue weighted by Crippen LogP contribution is 2.69. The third-order valence-electron chi connectivity index (χ3n) is 10.1. The number of hydrogen-bond donors (Lipinski definition) is 1. The van der Waals surface area contributed by atoms with Crippen molar-refractivity contribution in [3.8, 4) is 0 Å². The highest BCUT2D eigenvalue weighted by atomic mass is 79.9. The molecule has 0 aromatic rings. The van der Waals surface area contributed by atoms with Crippen LogP contribution in [0.2, 0.25) is 0 Å². The van der Waals surface area contributed by atoms with Crippen LogP contribution in [-0.4, -0.2) is 21.8 Å². The van der Waals surface area contributed by atoms with Crippen LogP contribution in [0.5, 0.6) is 0 Å². The lowest BCUT2D eigenvalue weighted by Crippen LogP contribution is -2.55. The first-order valence-electron chi connectivity index (χ1n) is 11.5. The molecule has 0 spiro atoms. The molecule has 154 valence electrons. The van der Waals surface area contributed by atoms with E-state index >= 15 is 0 Å². The molecule has 4 aliphatic carbocycles. The molecule has 0 saturated heterocycles. The van der Waals surface area contributed by atoms with Gasteiger partial charge in [-0.15, -0.1) is 0 Å². The highest BCUT2D eigenvalue weighted by molar-refractivity contribution is 9.09. The number of rotatable bonds is 3. The third-order valence-corrected chi connectivity index (χ3v) is 10.7. The highest BCUT2D eigenvalue weighted by Gasteiger charge is 2.63. The summed E-state index contributed by atoms with van der Waals surface area (Å²) >= 11 is 3.48. The van der Waals surface area contributed by atoms with Crippen molar-refractivity contribution < 1.29 is 9.90 Å². The Balaban J connectivity index is 1.63. The summed E-state index contributed by atoms with van der Waals surface area (Å²) in [4.78, 5) is 12.9. The van der Waals surface area contributed by atoms with Crippen molar-refractivity contribution in [2.24, 2.45) is 46.3 Å². The van der Waals surface area contributed by atoms with E-state index in [1.54, 1.807) is 0 Å². The topological polar surface area (TPSA) is 37.3 Å². The molecule has 0 aromatic heterocycles. The first kappa shape index (κ1) is 20.4. The Hall–Kier alpha value is 0.110. The second-order valence-corrected chi connectivity index (χ2v) is 11.9. The van der Waals surface area contributed by atoms with E-state index in [0.717, 1.165) is 37.0 Å². The zero-order chi connectivity index (χ0) is 19.6. The predicted molar refractivity (Wildman–Crippen MR) is 114 cm³/mol. The molecule has 3 heteroatoms. The lowest BCUT2D eigenvalue weighted by molar-refractivity contribution is -0.150. The van der Waals surface area contributed by atoms with Gasteiger partial charge in [-0.2, -0.15) is 0 Å². The molecule has 1 N–H and O–H groups in total. The van der Waals surface area contributed by atoms with Gasteiger partial charge in [-0.05, 0) is 98.7 Å². The van der Waals surface area contributed by atoms with Gasteiger partial charge in [-0.1, -0.05) is 43.1 Å². The maximum absolute atomic E-state index is 12.9. The van der Waals surface area contributed by atoms with Crippen molar-refractivity contribution in [3.63, 3.8) is 0 Å². The second kappa shape index (κ2) is 6.83. The van der Waals surface area contributed by atoms with Crippen molar-refractivity contribution in [1.82, 2.24) is 0 Å². The average Bonchev–Trinajstić information content (AvgIpc) is 2.94. The number of halogens is 1. The first-order chi connectivity index (χ1) is 12.7. The molecule has 0 aliphatic heterocycles. The van der Waals surface area contributed by atoms with Gasteiger partial charge in [-0.25, -0.2) is 0 Å². The van der Waals surface area contributed by atoms with E-state index in [4.69, 9.17) is 0 Å². The number of Topliss-reactive ketones (excluding diaryl/α,β-unsaturated/α-hetero) is 1. The summed E-state index contributed by atoms with van der Waals surface area (Å²) in [7, 11) is 0. The van der Waals surface area contributed by atoms with Gasteiger partial charge in [0, 0.05) is 5.92 Å². The first-order valence-corrected chi connectivity index (χ1v) is 12.6. The summed E-state index contributed by atoms with van der Waals surface area (Å²) in [5.41, 5.74) is 0.177. The lowest BCUT2D eigenvalue weighted by atomic mass is 9.44. The van der Waals surface area contributed by atoms with Crippen molar-refractivity contribution in [3.05, 3.63) is 0 Å². The minimum absolute atomic E-state index is 0.218. The van der Waals surface area contributed by atoms with E-state index < -0.39 is 5.60 Å². The minimum Gasteiger partial charge on any atom is -0.390 e. The molecule has 4 aliphatic rings. The van der Waals surface area contributed by atoms with Crippen LogP contribution in [0.15, 0.2) is 0 Å². The number of aliphatic hydroxyl groups is 1. The normalized spacial score (nSPS) is 54.7. The summed E-state index contributed by atoms with van der Waals surface area (Å²) in [5.74, 6) is 4.34. The number of alkyl halides is 1. The van der Waals surface area contributed by atoms with E-state index in [1.807, 2.05) is 0 Å². The fourth-order valence-electron chi connectivity index (χ4n) is 8.73. The summed E-state index contributed by atoms with van der Waals surface area (Å²) in [6.45, 7) is 9.36. The molecule has 2 unspecified atom stereocenters. The molecular weight excluding hydrogens is 400 g/mol. The van der Waals surface area contributed by atoms with Crippen molar-refractivity contribution in [1.29, 1.82) is 0 Å². The largest absolute Gasteiger partial charge is 0.390 e. The predicted octanol–water partition coefficient (Wildman–Crippen LogP) is 6.00. The molecule has 4 fully saturated rings. The number of ketones is 1. The molecule has 9 atom stereocenters. The van der Waals surface area contributed by atoms with Gasteiger partial charge in [0.25, 0.3) is 0 Å². The number of carbonyl (C=O) groups excluding carboxylic acids is 1. The van der Waals surface area contributed by atoms with Gasteiger partial charge in [0.1, 0.15) is 5.78 Å². The van der Waals surface area contributed by atoms with Crippen LogP contribution in [0, 0.1) is 46.3 Å². The summed E-state index contributed by atoms with van der Waals surface area (Å²) < 4.78 is 0. The molecule has 0 heterocycles. The van der Waals surface area contributed by atoms with Crippen molar-refractivity contribution in [2.45, 2.75) is 91.1 Å². The Morgan fingerprint density at radius 3 is 2.44 bits per heavy atom. The minimum atomic E-state index is -0.450. The SMILES string of the molecule is CC[C@@H]1C[C@H]2C3CC[C@H]4C[C@](C)(O)CC[C@]4(C)[C@H]3CCC2(C)[C@H]1C(=O)CBr. The standard InChI is InChI=1S/C24H39BrO2/c1-5-15-12-19-17-7-6-16-13-22(2,27)10-11-23(16,3)18(17)8-9-24(19,4)21(15)20(26)14-25/h15-19,21,27H,5-14H2,1-4H3/t15-,16+,17?,18+,19+,21-,22-,23+,24?/m1/s1.